The molecule has 1 aliphatic rings. The first-order valence-corrected chi connectivity index (χ1v) is 8.98. The Bertz CT molecular complexity index is 976. The Morgan fingerprint density at radius 2 is 1.82 bits per heavy atom. The molecule has 4 nitrogen and oxygen atoms in total. The molecule has 2 aromatic carbocycles. The first kappa shape index (κ1) is 18.4. The molecule has 0 N–H and O–H groups in total. The molecule has 0 atom stereocenters. The summed E-state index contributed by atoms with van der Waals surface area (Å²) in [6.07, 6.45) is -2.64. The van der Waals surface area contributed by atoms with Crippen LogP contribution in [0.4, 0.5) is 24.5 Å². The molecule has 1 aromatic heterocycles. The second kappa shape index (κ2) is 7.59. The van der Waals surface area contributed by atoms with Crippen molar-refractivity contribution in [2.75, 3.05) is 25.0 Å². The fourth-order valence-electron chi connectivity index (χ4n) is 3.42. The number of hydrogen-bond donors (Lipinski definition) is 0. The minimum Gasteiger partial charge on any atom is -0.340 e. The highest BCUT2D eigenvalue weighted by Crippen LogP contribution is 2.34. The highest BCUT2D eigenvalue weighted by molar-refractivity contribution is 5.72. The summed E-state index contributed by atoms with van der Waals surface area (Å²) in [4.78, 5) is 4.28. The summed E-state index contributed by atoms with van der Waals surface area (Å²) in [5.41, 5.74) is 3.86. The van der Waals surface area contributed by atoms with Crippen LogP contribution >= 0.6 is 0 Å². The van der Waals surface area contributed by atoms with Crippen molar-refractivity contribution < 1.29 is 13.2 Å². The van der Waals surface area contributed by atoms with E-state index in [4.69, 9.17) is 0 Å². The molecule has 0 spiro atoms. The Labute approximate surface area is 161 Å². The Kier molecular flexibility index (Phi) is 5.00. The highest BCUT2D eigenvalue weighted by atomic mass is 19.3. The van der Waals surface area contributed by atoms with Gasteiger partial charge in [-0.1, -0.05) is 12.1 Å². The number of likely N-dealkylation sites (N-methyl/N-ethyl adjacent to an activating group) is 1. The van der Waals surface area contributed by atoms with Gasteiger partial charge in [0.25, 0.3) is 6.43 Å². The Morgan fingerprint density at radius 1 is 0.964 bits per heavy atom. The zero-order valence-electron chi connectivity index (χ0n) is 15.3. The lowest BCUT2D eigenvalue weighted by Crippen LogP contribution is -2.26. The lowest BCUT2D eigenvalue weighted by Gasteiger charge is -2.25. The lowest BCUT2D eigenvalue weighted by atomic mass is 10.0. The van der Waals surface area contributed by atoms with Crippen LogP contribution in [0.1, 0.15) is 17.7 Å². The summed E-state index contributed by atoms with van der Waals surface area (Å²) < 4.78 is 39.2. The zero-order chi connectivity index (χ0) is 19.7. The topological polar surface area (TPSA) is 32.3 Å². The van der Waals surface area contributed by atoms with E-state index in [1.54, 1.807) is 12.1 Å². The van der Waals surface area contributed by atoms with Crippen LogP contribution in [0, 0.1) is 5.82 Å². The van der Waals surface area contributed by atoms with Gasteiger partial charge < -0.3 is 9.80 Å². The van der Waals surface area contributed by atoms with Crippen molar-refractivity contribution in [3.05, 3.63) is 71.7 Å². The van der Waals surface area contributed by atoms with E-state index in [-0.39, 0.29) is 11.5 Å². The molecule has 3 aromatic rings. The summed E-state index contributed by atoms with van der Waals surface area (Å²) in [5.74, 6) is -0.275. The first-order chi connectivity index (χ1) is 13.5. The second-order valence-electron chi connectivity index (χ2n) is 6.86. The van der Waals surface area contributed by atoms with Crippen LogP contribution in [0.5, 0.6) is 0 Å². The largest absolute Gasteiger partial charge is 0.340 e. The van der Waals surface area contributed by atoms with E-state index in [1.165, 1.54) is 18.2 Å². The summed E-state index contributed by atoms with van der Waals surface area (Å²) in [6.45, 7) is 2.27. The third-order valence-corrected chi connectivity index (χ3v) is 4.84. The minimum absolute atomic E-state index is 0.275. The maximum absolute atomic E-state index is 13.7. The molecule has 144 valence electrons. The average molecular weight is 384 g/mol. The Hall–Kier alpha value is -2.93. The number of anilines is 2. The summed E-state index contributed by atoms with van der Waals surface area (Å²) in [7, 11) is 2.03. The molecule has 0 amide bonds. The smallest absolute Gasteiger partial charge is 0.282 e. The first-order valence-electron chi connectivity index (χ1n) is 8.98. The number of fused-ring (bicyclic) bond motifs is 1. The monoisotopic (exact) mass is 384 g/mol. The average Bonchev–Trinajstić information content (AvgIpc) is 2.85. The fourth-order valence-corrected chi connectivity index (χ4v) is 3.42. The highest BCUT2D eigenvalue weighted by Gasteiger charge is 2.20. The molecule has 4 rings (SSSR count). The van der Waals surface area contributed by atoms with Gasteiger partial charge >= 0.3 is 0 Å². The van der Waals surface area contributed by atoms with E-state index < -0.39 is 6.43 Å². The molecular weight excluding hydrogens is 365 g/mol. The van der Waals surface area contributed by atoms with Crippen LogP contribution in [0.2, 0.25) is 0 Å². The molecule has 28 heavy (non-hydrogen) atoms. The van der Waals surface area contributed by atoms with E-state index in [9.17, 15) is 13.2 Å². The molecule has 0 fully saturated rings. The number of rotatable bonds is 3. The number of halogens is 3. The molecule has 1 aliphatic heterocycles. The quantitative estimate of drug-likeness (QED) is 0.649. The molecule has 0 unspecified atom stereocenters. The van der Waals surface area contributed by atoms with E-state index in [0.29, 0.717) is 5.69 Å². The molecule has 0 radical (unpaired) electrons. The third-order valence-electron chi connectivity index (χ3n) is 4.84. The van der Waals surface area contributed by atoms with Crippen LogP contribution in [0.25, 0.3) is 11.3 Å². The van der Waals surface area contributed by atoms with Gasteiger partial charge in [-0.3, -0.25) is 0 Å². The van der Waals surface area contributed by atoms with Gasteiger partial charge in [0, 0.05) is 36.6 Å². The molecule has 0 aliphatic carbocycles. The standard InChI is InChI=1S/C21H19F3N4/c1-27-9-10-28(17-4-2-3-16(22)12-17)20-8-5-14(11-15(20)13-27)18-6-7-19(21(23)24)26-25-18/h2-8,11-12,21H,9-10,13H2,1H3. The van der Waals surface area contributed by atoms with Gasteiger partial charge in [0.15, 0.2) is 0 Å². The summed E-state index contributed by atoms with van der Waals surface area (Å²) in [6, 6.07) is 15.3. The number of nitrogens with zero attached hydrogens (tertiary/aromatic N) is 4. The SMILES string of the molecule is CN1CCN(c2cccc(F)c2)c2ccc(-c3ccc(C(F)F)nn3)cc2C1. The van der Waals surface area contributed by atoms with Gasteiger partial charge in [0.1, 0.15) is 11.5 Å². The van der Waals surface area contributed by atoms with Crippen LogP contribution < -0.4 is 4.90 Å². The molecule has 7 heteroatoms. The van der Waals surface area contributed by atoms with Gasteiger partial charge in [-0.25, -0.2) is 13.2 Å². The second-order valence-corrected chi connectivity index (χ2v) is 6.86. The summed E-state index contributed by atoms with van der Waals surface area (Å²) >= 11 is 0. The fraction of sp³-hybridized carbons (Fsp3) is 0.238. The number of aromatic nitrogens is 2. The van der Waals surface area contributed by atoms with Gasteiger partial charge in [0.2, 0.25) is 0 Å². The maximum Gasteiger partial charge on any atom is 0.282 e. The normalized spacial score (nSPS) is 14.8. The zero-order valence-corrected chi connectivity index (χ0v) is 15.3. The molecule has 2 heterocycles. The van der Waals surface area contributed by atoms with Crippen LogP contribution in [-0.4, -0.2) is 35.2 Å². The van der Waals surface area contributed by atoms with Crippen molar-refractivity contribution >= 4 is 11.4 Å². The maximum atomic E-state index is 13.7. The molecular formula is C21H19F3N4. The van der Waals surface area contributed by atoms with Crippen molar-refractivity contribution in [3.63, 3.8) is 0 Å². The predicted octanol–water partition coefficient (Wildman–Crippen LogP) is 4.80. The van der Waals surface area contributed by atoms with Crippen molar-refractivity contribution in [1.82, 2.24) is 15.1 Å². The molecule has 0 bridgehead atoms. The van der Waals surface area contributed by atoms with Crippen LogP contribution in [-0.2, 0) is 6.54 Å². The minimum atomic E-state index is -2.64. The lowest BCUT2D eigenvalue weighted by molar-refractivity contribution is 0.145. The number of benzene rings is 2. The van der Waals surface area contributed by atoms with Gasteiger partial charge in [-0.05, 0) is 55.1 Å². The van der Waals surface area contributed by atoms with Crippen LogP contribution in [0.3, 0.4) is 0 Å². The van der Waals surface area contributed by atoms with Gasteiger partial charge in [0.05, 0.1) is 5.69 Å². The van der Waals surface area contributed by atoms with E-state index in [1.807, 2.05) is 31.3 Å². The molecule has 0 saturated carbocycles. The Balaban J connectivity index is 1.73. The Morgan fingerprint density at radius 3 is 2.54 bits per heavy atom. The van der Waals surface area contributed by atoms with Gasteiger partial charge in [-0.2, -0.15) is 5.10 Å². The molecule has 0 saturated heterocycles. The van der Waals surface area contributed by atoms with E-state index in [0.717, 1.165) is 42.1 Å². The van der Waals surface area contributed by atoms with E-state index >= 15 is 0 Å². The predicted molar refractivity (Wildman–Crippen MR) is 102 cm³/mol. The van der Waals surface area contributed by atoms with Crippen molar-refractivity contribution in [1.29, 1.82) is 0 Å². The summed E-state index contributed by atoms with van der Waals surface area (Å²) in [5, 5.41) is 7.55. The van der Waals surface area contributed by atoms with Crippen molar-refractivity contribution in [2.24, 2.45) is 0 Å². The van der Waals surface area contributed by atoms with Gasteiger partial charge in [-0.15, -0.1) is 5.10 Å². The number of alkyl halides is 2. The van der Waals surface area contributed by atoms with E-state index in [2.05, 4.69) is 20.0 Å². The number of hydrogen-bond acceptors (Lipinski definition) is 4. The van der Waals surface area contributed by atoms with Crippen molar-refractivity contribution in [2.45, 2.75) is 13.0 Å². The van der Waals surface area contributed by atoms with Crippen LogP contribution in [0.15, 0.2) is 54.6 Å². The third kappa shape index (κ3) is 3.71. The van der Waals surface area contributed by atoms with Crippen molar-refractivity contribution in [3.8, 4) is 11.3 Å².